The Morgan fingerprint density at radius 1 is 0.281 bits per heavy atom. The molecule has 0 saturated carbocycles. The quantitative estimate of drug-likeness (QED) is 0.173. The van der Waals surface area contributed by atoms with Crippen LogP contribution in [0.5, 0.6) is 0 Å². The van der Waals surface area contributed by atoms with E-state index in [9.17, 15) is 0 Å². The van der Waals surface area contributed by atoms with Crippen LogP contribution in [0.1, 0.15) is 0 Å². The maximum Gasteiger partial charge on any atom is 0.166 e. The molecule has 0 saturated heterocycles. The Hall–Kier alpha value is -8.81. The van der Waals surface area contributed by atoms with Crippen molar-refractivity contribution in [2.45, 2.75) is 0 Å². The Bertz CT molecular complexity index is 3850. The minimum absolute atomic E-state index is 0.515. The maximum absolute atomic E-state index is 6.92. The van der Waals surface area contributed by atoms with Crippen molar-refractivity contribution in [3.8, 4) is 45.5 Å². The van der Waals surface area contributed by atoms with Gasteiger partial charge in [-0.1, -0.05) is 140 Å². The fraction of sp³-hybridized carbons (Fsp3) is 0. The zero-order valence-corrected chi connectivity index (χ0v) is 34.1. The van der Waals surface area contributed by atoms with E-state index in [4.69, 9.17) is 23.8 Å². The van der Waals surface area contributed by atoms with Crippen molar-refractivity contribution in [2.75, 3.05) is 0 Å². The summed E-state index contributed by atoms with van der Waals surface area (Å²) in [6.45, 7) is 0. The minimum Gasteiger partial charge on any atom is -0.454 e. The molecule has 0 atom stereocenters. The van der Waals surface area contributed by atoms with Gasteiger partial charge in [-0.15, -0.1) is 0 Å². The molecule has 5 aromatic heterocycles. The van der Waals surface area contributed by atoms with E-state index < -0.39 is 0 Å². The van der Waals surface area contributed by atoms with Gasteiger partial charge in [0.25, 0.3) is 0 Å². The van der Waals surface area contributed by atoms with E-state index in [0.29, 0.717) is 17.5 Å². The lowest BCUT2D eigenvalue weighted by Gasteiger charge is -2.17. The number of rotatable bonds is 5. The summed E-state index contributed by atoms with van der Waals surface area (Å²) in [6, 6.07) is 69.4. The van der Waals surface area contributed by atoms with E-state index in [2.05, 4.69) is 167 Å². The molecule has 5 heterocycles. The molecule has 9 aromatic carbocycles. The van der Waals surface area contributed by atoms with Gasteiger partial charge in [-0.25, -0.2) is 15.0 Å². The largest absolute Gasteiger partial charge is 0.454 e. The van der Waals surface area contributed by atoms with Crippen molar-refractivity contribution in [1.29, 1.82) is 0 Å². The predicted molar refractivity (Wildman–Crippen MR) is 259 cm³/mol. The van der Waals surface area contributed by atoms with Crippen LogP contribution in [0.2, 0.25) is 0 Å². The molecule has 0 amide bonds. The van der Waals surface area contributed by atoms with Crippen LogP contribution in [0.4, 0.5) is 0 Å². The Kier molecular flexibility index (Phi) is 7.27. The van der Waals surface area contributed by atoms with Gasteiger partial charge < -0.3 is 18.0 Å². The maximum atomic E-state index is 6.92. The molecule has 0 radical (unpaired) electrons. The molecule has 0 spiro atoms. The third kappa shape index (κ3) is 4.94. The first kappa shape index (κ1) is 34.9. The second-order valence-electron chi connectivity index (χ2n) is 16.3. The third-order valence-electron chi connectivity index (χ3n) is 12.8. The van der Waals surface area contributed by atoms with Gasteiger partial charge in [0, 0.05) is 59.8 Å². The number of nitrogens with zero attached hydrogens (tertiary/aromatic N) is 5. The first-order valence-electron chi connectivity index (χ1n) is 21.4. The molecule has 14 aromatic rings. The van der Waals surface area contributed by atoms with E-state index in [1.165, 1.54) is 0 Å². The van der Waals surface area contributed by atoms with E-state index in [-0.39, 0.29) is 0 Å². The Morgan fingerprint density at radius 2 is 0.625 bits per heavy atom. The van der Waals surface area contributed by atoms with Crippen LogP contribution < -0.4 is 0 Å². The molecule has 0 aliphatic rings. The number of aromatic nitrogens is 5. The molecule has 7 nitrogen and oxygen atoms in total. The van der Waals surface area contributed by atoms with Gasteiger partial charge in [0.05, 0.1) is 22.1 Å². The molecule has 0 fully saturated rings. The van der Waals surface area contributed by atoms with Crippen molar-refractivity contribution in [1.82, 2.24) is 24.1 Å². The second kappa shape index (κ2) is 13.3. The van der Waals surface area contributed by atoms with Crippen LogP contribution in [-0.4, -0.2) is 24.1 Å². The van der Waals surface area contributed by atoms with Gasteiger partial charge >= 0.3 is 0 Å². The average Bonchev–Trinajstić information content (AvgIpc) is 4.12. The summed E-state index contributed by atoms with van der Waals surface area (Å²) in [5.41, 5.74) is 11.6. The number of fused-ring (bicyclic) bond motifs is 12. The molecular weight excluding hydrogens is 787 g/mol. The van der Waals surface area contributed by atoms with Crippen molar-refractivity contribution in [3.05, 3.63) is 200 Å². The van der Waals surface area contributed by atoms with Crippen LogP contribution in [-0.2, 0) is 0 Å². The highest BCUT2D eigenvalue weighted by atomic mass is 16.3. The van der Waals surface area contributed by atoms with Gasteiger partial charge in [-0.05, 0) is 60.7 Å². The fourth-order valence-electron chi connectivity index (χ4n) is 10.0. The first-order chi connectivity index (χ1) is 31.8. The van der Waals surface area contributed by atoms with Gasteiger partial charge in [-0.2, -0.15) is 0 Å². The number of para-hydroxylation sites is 6. The van der Waals surface area contributed by atoms with Crippen molar-refractivity contribution in [2.24, 2.45) is 0 Å². The third-order valence-corrected chi connectivity index (χ3v) is 12.8. The number of furan rings is 2. The highest BCUT2D eigenvalue weighted by molar-refractivity contribution is 6.16. The SMILES string of the molecule is c1ccc(-c2nc(-c3ccc4c(oc5ccccc54)c3-n3c4ccccc4c4ccccc43)nc(-c3ccc4c(oc5ccccc54)c3-n3c4ccccc4c4ccccc43)n2)cc1. The Balaban J connectivity index is 1.13. The zero-order chi connectivity index (χ0) is 41.9. The van der Waals surface area contributed by atoms with Crippen LogP contribution in [0.3, 0.4) is 0 Å². The molecule has 298 valence electrons. The van der Waals surface area contributed by atoms with Crippen molar-refractivity contribution < 1.29 is 8.83 Å². The van der Waals surface area contributed by atoms with Crippen LogP contribution in [0.25, 0.3) is 133 Å². The predicted octanol–water partition coefficient (Wildman–Crippen LogP) is 14.9. The average molecular weight is 820 g/mol. The summed E-state index contributed by atoms with van der Waals surface area (Å²) in [6.07, 6.45) is 0. The molecule has 7 heteroatoms. The molecule has 0 unspecified atom stereocenters. The molecule has 0 aliphatic carbocycles. The van der Waals surface area contributed by atoms with Crippen LogP contribution in [0, 0.1) is 0 Å². The smallest absolute Gasteiger partial charge is 0.166 e. The molecule has 64 heavy (non-hydrogen) atoms. The first-order valence-corrected chi connectivity index (χ1v) is 21.4. The number of hydrogen-bond donors (Lipinski definition) is 0. The lowest BCUT2D eigenvalue weighted by molar-refractivity contribution is 0.666. The normalized spacial score (nSPS) is 12.1. The van der Waals surface area contributed by atoms with Gasteiger partial charge in [0.2, 0.25) is 0 Å². The summed E-state index contributed by atoms with van der Waals surface area (Å²) in [4.78, 5) is 16.3. The Labute approximate surface area is 364 Å². The van der Waals surface area contributed by atoms with E-state index in [0.717, 1.165) is 116 Å². The zero-order valence-electron chi connectivity index (χ0n) is 34.1. The van der Waals surface area contributed by atoms with Crippen LogP contribution >= 0.6 is 0 Å². The van der Waals surface area contributed by atoms with Gasteiger partial charge in [-0.3, -0.25) is 0 Å². The standard InChI is InChI=1S/C57H33N5O2/c1-2-16-34(17-3-1)55-58-56(43-32-30-41-39-22-8-14-28-49(39)63-53(41)51(43)61-45-24-10-4-18-35(45)36-19-5-11-25-46(36)61)60-57(59-55)44-33-31-42-40-23-9-15-29-50(40)64-54(42)52(44)62-47-26-12-6-20-37(47)38-21-7-13-27-48(38)62/h1-33H. The lowest BCUT2D eigenvalue weighted by atomic mass is 10.0. The molecule has 0 aliphatic heterocycles. The molecule has 0 N–H and O–H groups in total. The summed E-state index contributed by atoms with van der Waals surface area (Å²) in [5, 5.41) is 8.70. The highest BCUT2D eigenvalue weighted by Crippen LogP contribution is 2.45. The molecule has 14 rings (SSSR count). The van der Waals surface area contributed by atoms with Gasteiger partial charge in [0.15, 0.2) is 28.6 Å². The summed E-state index contributed by atoms with van der Waals surface area (Å²) < 4.78 is 18.5. The lowest BCUT2D eigenvalue weighted by Crippen LogP contribution is -2.06. The summed E-state index contributed by atoms with van der Waals surface area (Å²) >= 11 is 0. The number of hydrogen-bond acceptors (Lipinski definition) is 5. The molecule has 0 bridgehead atoms. The minimum atomic E-state index is 0.515. The van der Waals surface area contributed by atoms with E-state index in [1.807, 2.05) is 42.5 Å². The summed E-state index contributed by atoms with van der Waals surface area (Å²) in [7, 11) is 0. The summed E-state index contributed by atoms with van der Waals surface area (Å²) in [5.74, 6) is 1.58. The monoisotopic (exact) mass is 819 g/mol. The van der Waals surface area contributed by atoms with E-state index >= 15 is 0 Å². The van der Waals surface area contributed by atoms with Crippen molar-refractivity contribution in [3.63, 3.8) is 0 Å². The Morgan fingerprint density at radius 3 is 1.05 bits per heavy atom. The fourth-order valence-corrected chi connectivity index (χ4v) is 10.0. The van der Waals surface area contributed by atoms with Gasteiger partial charge in [0.1, 0.15) is 22.5 Å². The highest BCUT2D eigenvalue weighted by Gasteiger charge is 2.27. The molecular formula is C57H33N5O2. The van der Waals surface area contributed by atoms with Crippen LogP contribution in [0.15, 0.2) is 209 Å². The second-order valence-corrected chi connectivity index (χ2v) is 16.3. The van der Waals surface area contributed by atoms with E-state index in [1.54, 1.807) is 0 Å². The topological polar surface area (TPSA) is 74.8 Å². The van der Waals surface area contributed by atoms with Crippen molar-refractivity contribution >= 4 is 87.5 Å². The number of benzene rings is 9.